The molecule has 0 unspecified atom stereocenters. The molecule has 0 aromatic carbocycles. The van der Waals surface area contributed by atoms with Gasteiger partial charge in [-0.1, -0.05) is 0 Å². The van der Waals surface area contributed by atoms with Crippen molar-refractivity contribution in [1.82, 2.24) is 16.0 Å². The van der Waals surface area contributed by atoms with Crippen LogP contribution >= 0.6 is 0 Å². The largest absolute Gasteiger partial charge is 0.317 e. The zero-order valence-corrected chi connectivity index (χ0v) is 13.6. The van der Waals surface area contributed by atoms with Gasteiger partial charge in [0.25, 0.3) is 0 Å². The van der Waals surface area contributed by atoms with Crippen molar-refractivity contribution in [2.45, 2.75) is 57.8 Å². The van der Waals surface area contributed by atoms with Crippen molar-refractivity contribution in [2.75, 3.05) is 39.3 Å². The van der Waals surface area contributed by atoms with E-state index in [0.29, 0.717) is 0 Å². The first kappa shape index (κ1) is 14.5. The summed E-state index contributed by atoms with van der Waals surface area (Å²) < 4.78 is 0. The van der Waals surface area contributed by atoms with E-state index in [1.54, 1.807) is 0 Å². The maximum atomic E-state index is 3.38. The van der Waals surface area contributed by atoms with Crippen LogP contribution in [0.1, 0.15) is 57.8 Å². The maximum Gasteiger partial charge on any atom is 0.00202 e. The van der Waals surface area contributed by atoms with Crippen molar-refractivity contribution in [1.29, 1.82) is 0 Å². The summed E-state index contributed by atoms with van der Waals surface area (Å²) in [5, 5.41) is 10.0. The van der Waals surface area contributed by atoms with Crippen LogP contribution in [0.2, 0.25) is 0 Å². The second-order valence-corrected chi connectivity index (χ2v) is 8.78. The first-order valence-electron chi connectivity index (χ1n) is 9.36. The van der Waals surface area contributed by atoms with Gasteiger partial charge < -0.3 is 16.0 Å². The molecule has 0 bridgehead atoms. The molecular weight excluding hydrogens is 258 g/mol. The molecule has 0 radical (unpaired) electrons. The summed E-state index contributed by atoms with van der Waals surface area (Å²) in [4.78, 5) is 0. The van der Waals surface area contributed by atoms with Crippen molar-refractivity contribution < 1.29 is 0 Å². The minimum Gasteiger partial charge on any atom is -0.317 e. The van der Waals surface area contributed by atoms with E-state index < -0.39 is 0 Å². The molecule has 3 spiro atoms. The maximum absolute atomic E-state index is 3.38. The smallest absolute Gasteiger partial charge is 0.00202 e. The third-order valence-electron chi connectivity index (χ3n) is 6.87. The van der Waals surface area contributed by atoms with Crippen LogP contribution in [0.25, 0.3) is 0 Å². The molecule has 3 N–H and O–H groups in total. The molecule has 3 saturated carbocycles. The minimum absolute atomic E-state index is 0.833. The van der Waals surface area contributed by atoms with E-state index in [0.717, 1.165) is 16.2 Å². The number of piperidine rings is 1. The Morgan fingerprint density at radius 3 is 1.10 bits per heavy atom. The lowest BCUT2D eigenvalue weighted by molar-refractivity contribution is 0.324. The van der Waals surface area contributed by atoms with Crippen LogP contribution < -0.4 is 16.0 Å². The predicted octanol–water partition coefficient (Wildman–Crippen LogP) is 2.28. The summed E-state index contributed by atoms with van der Waals surface area (Å²) >= 11 is 0. The summed E-state index contributed by atoms with van der Waals surface area (Å²) in [6.45, 7) is 7.77. The Hall–Kier alpha value is -0.120. The molecule has 6 aliphatic rings. The highest BCUT2D eigenvalue weighted by Crippen LogP contribution is 2.52. The Kier molecular flexibility index (Phi) is 3.79. The lowest BCUT2D eigenvalue weighted by atomic mass is 9.95. The summed E-state index contributed by atoms with van der Waals surface area (Å²) in [7, 11) is 0. The van der Waals surface area contributed by atoms with Crippen molar-refractivity contribution >= 4 is 0 Å². The molecule has 3 heteroatoms. The molecule has 21 heavy (non-hydrogen) atoms. The number of nitrogens with one attached hydrogen (secondary N) is 3. The Bertz CT molecular complexity index is 345. The van der Waals surface area contributed by atoms with E-state index in [-0.39, 0.29) is 0 Å². The van der Waals surface area contributed by atoms with Crippen LogP contribution in [0.15, 0.2) is 0 Å². The van der Waals surface area contributed by atoms with Gasteiger partial charge in [0.2, 0.25) is 0 Å². The van der Waals surface area contributed by atoms with Gasteiger partial charge >= 0.3 is 0 Å². The molecule has 6 fully saturated rings. The van der Waals surface area contributed by atoms with Gasteiger partial charge in [-0.2, -0.15) is 0 Å². The number of rotatable bonds is 0. The molecule has 120 valence electrons. The zero-order chi connectivity index (χ0) is 14.2. The number of hydrogen-bond acceptors (Lipinski definition) is 3. The van der Waals surface area contributed by atoms with Crippen LogP contribution in [-0.4, -0.2) is 39.3 Å². The average molecular weight is 291 g/mol. The molecule has 3 saturated heterocycles. The Morgan fingerprint density at radius 1 is 0.381 bits per heavy atom. The molecule has 6 rings (SSSR count). The van der Waals surface area contributed by atoms with Crippen molar-refractivity contribution in [2.24, 2.45) is 16.2 Å². The van der Waals surface area contributed by atoms with Gasteiger partial charge in [-0.05, 0) is 93.7 Å². The Morgan fingerprint density at radius 2 is 0.857 bits per heavy atom. The predicted molar refractivity (Wildman–Crippen MR) is 87.5 cm³/mol. The highest BCUT2D eigenvalue weighted by Gasteiger charge is 2.47. The van der Waals surface area contributed by atoms with E-state index >= 15 is 0 Å². The Balaban J connectivity index is 0.0000000831. The van der Waals surface area contributed by atoms with Gasteiger partial charge in [-0.15, -0.1) is 0 Å². The van der Waals surface area contributed by atoms with E-state index in [1.807, 2.05) is 0 Å². The molecule has 0 amide bonds. The van der Waals surface area contributed by atoms with Crippen LogP contribution in [0.3, 0.4) is 0 Å². The van der Waals surface area contributed by atoms with Crippen molar-refractivity contribution in [3.8, 4) is 0 Å². The van der Waals surface area contributed by atoms with E-state index in [4.69, 9.17) is 0 Å². The molecular formula is C18H33N3. The van der Waals surface area contributed by atoms with Gasteiger partial charge in [-0.3, -0.25) is 0 Å². The molecule has 3 aliphatic carbocycles. The lowest BCUT2D eigenvalue weighted by Gasteiger charge is -2.26. The molecule has 3 nitrogen and oxygen atoms in total. The summed E-state index contributed by atoms with van der Waals surface area (Å²) in [6.07, 6.45) is 13.4. The third-order valence-corrected chi connectivity index (χ3v) is 6.87. The second-order valence-electron chi connectivity index (χ2n) is 8.78. The molecule has 3 heterocycles. The molecule has 0 aromatic rings. The van der Waals surface area contributed by atoms with Gasteiger partial charge in [0.05, 0.1) is 0 Å². The normalized spacial score (nSPS) is 34.3. The second kappa shape index (κ2) is 5.50. The lowest BCUT2D eigenvalue weighted by Crippen LogP contribution is -2.43. The highest BCUT2D eigenvalue weighted by molar-refractivity contribution is 5.03. The fraction of sp³-hybridized carbons (Fsp3) is 1.00. The fourth-order valence-corrected chi connectivity index (χ4v) is 4.04. The SMILES string of the molecule is C1CC12CNC2.C1CC2(CC2)CN1.C1CC2(CCN1)CC2. The molecule has 3 aliphatic heterocycles. The molecule has 0 atom stereocenters. The minimum atomic E-state index is 0.833. The summed E-state index contributed by atoms with van der Waals surface area (Å²) in [5.74, 6) is 0. The average Bonchev–Trinajstić information content (AvgIpc) is 3.33. The van der Waals surface area contributed by atoms with Crippen LogP contribution in [-0.2, 0) is 0 Å². The van der Waals surface area contributed by atoms with Gasteiger partial charge in [0.1, 0.15) is 0 Å². The first-order chi connectivity index (χ1) is 10.2. The quantitative estimate of drug-likeness (QED) is 0.641. The first-order valence-corrected chi connectivity index (χ1v) is 9.36. The van der Waals surface area contributed by atoms with E-state index in [2.05, 4.69) is 16.0 Å². The van der Waals surface area contributed by atoms with Crippen molar-refractivity contribution in [3.63, 3.8) is 0 Å². The third kappa shape index (κ3) is 3.62. The van der Waals surface area contributed by atoms with Crippen LogP contribution in [0.5, 0.6) is 0 Å². The summed E-state index contributed by atoms with van der Waals surface area (Å²) in [6, 6.07) is 0. The zero-order valence-electron chi connectivity index (χ0n) is 13.6. The Labute approximate surface area is 130 Å². The van der Waals surface area contributed by atoms with Gasteiger partial charge in [0.15, 0.2) is 0 Å². The van der Waals surface area contributed by atoms with Crippen LogP contribution in [0.4, 0.5) is 0 Å². The van der Waals surface area contributed by atoms with E-state index in [9.17, 15) is 0 Å². The van der Waals surface area contributed by atoms with Crippen molar-refractivity contribution in [3.05, 3.63) is 0 Å². The standard InChI is InChI=1S/C7H13N.C6H11N.C5H9N/c1-2-7(1)3-5-8-6-4-7;1-2-6(1)3-4-7-5-6;1-2-5(1)3-6-4-5/h8H,1-6H2;7H,1-5H2;6H,1-4H2. The van der Waals surface area contributed by atoms with Crippen LogP contribution in [0, 0.1) is 16.2 Å². The highest BCUT2D eigenvalue weighted by atomic mass is 15.0. The molecule has 0 aromatic heterocycles. The van der Waals surface area contributed by atoms with Gasteiger partial charge in [0, 0.05) is 19.6 Å². The number of hydrogen-bond donors (Lipinski definition) is 3. The summed E-state index contributed by atoms with van der Waals surface area (Å²) in [5.41, 5.74) is 2.56. The van der Waals surface area contributed by atoms with E-state index in [1.165, 1.54) is 97.1 Å². The topological polar surface area (TPSA) is 36.1 Å². The van der Waals surface area contributed by atoms with Gasteiger partial charge in [-0.25, -0.2) is 0 Å². The monoisotopic (exact) mass is 291 g/mol. The fourth-order valence-electron chi connectivity index (χ4n) is 4.04.